The van der Waals surface area contributed by atoms with Gasteiger partial charge in [-0.15, -0.1) is 0 Å². The fourth-order valence-electron chi connectivity index (χ4n) is 3.56. The Hall–Kier alpha value is -1.19. The predicted molar refractivity (Wildman–Crippen MR) is 192 cm³/mol. The molecule has 3 aromatic rings. The molecule has 2 N–H and O–H groups in total. The molecule has 0 radical (unpaired) electrons. The molecule has 3 aromatic carbocycles. The van der Waals surface area contributed by atoms with Crippen molar-refractivity contribution in [2.24, 2.45) is 0 Å². The fourth-order valence-corrected chi connectivity index (χ4v) is 3.94. The molecule has 0 spiro atoms. The van der Waals surface area contributed by atoms with Crippen LogP contribution in [0.15, 0.2) is 89.5 Å². The number of epoxide rings is 1. The van der Waals surface area contributed by atoms with Gasteiger partial charge < -0.3 is 27.9 Å². The molecule has 1 aliphatic rings. The van der Waals surface area contributed by atoms with Gasteiger partial charge in [-0.1, -0.05) is 90.6 Å². The Morgan fingerprint density at radius 2 is 1.06 bits per heavy atom. The van der Waals surface area contributed by atoms with Crippen LogP contribution in [0.4, 0.5) is 0 Å². The summed E-state index contributed by atoms with van der Waals surface area (Å²) in [5, 5.41) is 22.1. The molecular weight excluding hydrogens is 758 g/mol. The molecular formula is C38H49Cl3O4Zn2-2. The molecule has 0 amide bonds. The average Bonchev–Trinajstić information content (AvgIpc) is 3.56. The van der Waals surface area contributed by atoms with Crippen LogP contribution < -0.4 is 0 Å². The molecule has 0 aliphatic carbocycles. The second kappa shape index (κ2) is 24.9. The second-order valence-corrected chi connectivity index (χ2v) is 12.5. The van der Waals surface area contributed by atoms with Crippen molar-refractivity contribution in [3.63, 3.8) is 0 Å². The Bertz CT molecular complexity index is 1350. The monoisotopic (exact) mass is 802 g/mol. The number of rotatable bonds is 5. The van der Waals surface area contributed by atoms with E-state index < -0.39 is 17.8 Å². The smallest absolute Gasteiger partial charge is 0.150 e. The van der Waals surface area contributed by atoms with E-state index in [-0.39, 0.29) is 44.6 Å². The van der Waals surface area contributed by atoms with Crippen LogP contribution in [0.1, 0.15) is 103 Å². The zero-order chi connectivity index (χ0) is 35.0. The number of aliphatic hydroxyl groups excluding tert-OH is 2. The minimum Gasteiger partial charge on any atom is -0.501 e. The molecule has 9 heteroatoms. The summed E-state index contributed by atoms with van der Waals surface area (Å²) in [4.78, 5) is 10.1. The molecule has 0 bridgehead atoms. The summed E-state index contributed by atoms with van der Waals surface area (Å²) < 4.78 is 5.56. The molecule has 3 atom stereocenters. The van der Waals surface area contributed by atoms with Crippen LogP contribution in [-0.2, 0) is 43.7 Å². The van der Waals surface area contributed by atoms with Crippen LogP contribution in [0.5, 0.6) is 0 Å². The van der Waals surface area contributed by atoms with Crippen LogP contribution in [0.2, 0.25) is 15.1 Å². The van der Waals surface area contributed by atoms with Crippen molar-refractivity contribution < 1.29 is 58.7 Å². The van der Waals surface area contributed by atoms with Crippen LogP contribution in [0, 0.1) is 13.0 Å². The number of carbonyl (C=O) groups excluding carboxylic acids is 1. The molecule has 0 aromatic heterocycles. The molecule has 1 fully saturated rings. The number of allylic oxidation sites excluding steroid dienone is 3. The third-order valence-electron chi connectivity index (χ3n) is 7.22. The maximum absolute atomic E-state index is 10.2. The molecule has 1 heterocycles. The second-order valence-electron chi connectivity index (χ2n) is 11.2. The third kappa shape index (κ3) is 17.9. The van der Waals surface area contributed by atoms with E-state index in [0.717, 1.165) is 28.6 Å². The summed E-state index contributed by atoms with van der Waals surface area (Å²) in [6, 6.07) is 21.2. The summed E-state index contributed by atoms with van der Waals surface area (Å²) >= 11 is 17.1. The quantitative estimate of drug-likeness (QED) is 0.0886. The van der Waals surface area contributed by atoms with Gasteiger partial charge in [-0.2, -0.15) is 13.8 Å². The maximum Gasteiger partial charge on any atom is 0.150 e. The first kappa shape index (κ1) is 50.2. The van der Waals surface area contributed by atoms with Gasteiger partial charge in [0.05, 0.1) is 5.60 Å². The SMILES string of the molecule is CC(C)=C(C)[C@H](O)c1ccc(Cl)cc1.CC1(C)O[C@]1(C)[C@H](O)c1ccc(Cl)cc1.C[C-]=C(C)C.O=Cc1ccc(Cl)cc1.[CH2-]C.[Zn].[Zn]. The molecule has 252 valence electrons. The maximum atomic E-state index is 10.2. The molecule has 0 saturated carbocycles. The Morgan fingerprint density at radius 3 is 1.34 bits per heavy atom. The molecule has 4 rings (SSSR count). The van der Waals surface area contributed by atoms with E-state index in [0.29, 0.717) is 20.6 Å². The van der Waals surface area contributed by atoms with E-state index in [4.69, 9.17) is 39.5 Å². The first-order valence-electron chi connectivity index (χ1n) is 14.6. The van der Waals surface area contributed by atoms with E-state index in [9.17, 15) is 15.0 Å². The number of halogens is 3. The number of aliphatic hydroxyl groups is 2. The van der Waals surface area contributed by atoms with Crippen molar-refractivity contribution in [2.45, 2.75) is 92.6 Å². The van der Waals surface area contributed by atoms with Gasteiger partial charge in [-0.05, 0) is 94.6 Å². The number of carbonyl (C=O) groups is 1. The van der Waals surface area contributed by atoms with Gasteiger partial charge in [0, 0.05) is 59.6 Å². The van der Waals surface area contributed by atoms with Crippen molar-refractivity contribution in [1.29, 1.82) is 0 Å². The Balaban J connectivity index is -0.000000563. The van der Waals surface area contributed by atoms with Crippen LogP contribution in [-0.4, -0.2) is 27.7 Å². The Labute approximate surface area is 324 Å². The van der Waals surface area contributed by atoms with Crippen molar-refractivity contribution in [3.8, 4) is 0 Å². The van der Waals surface area contributed by atoms with E-state index in [2.05, 4.69) is 13.0 Å². The first-order valence-corrected chi connectivity index (χ1v) is 15.7. The van der Waals surface area contributed by atoms with E-state index in [1.54, 1.807) is 55.5 Å². The van der Waals surface area contributed by atoms with Gasteiger partial charge in [0.25, 0.3) is 0 Å². The van der Waals surface area contributed by atoms with Gasteiger partial charge in [0.15, 0.2) is 0 Å². The van der Waals surface area contributed by atoms with Crippen molar-refractivity contribution >= 4 is 41.1 Å². The fraction of sp³-hybridized carbons (Fsp3) is 0.368. The largest absolute Gasteiger partial charge is 0.501 e. The number of ether oxygens (including phenoxy) is 1. The van der Waals surface area contributed by atoms with Crippen molar-refractivity contribution in [1.82, 2.24) is 0 Å². The summed E-state index contributed by atoms with van der Waals surface area (Å²) in [5.41, 5.74) is 5.03. The zero-order valence-corrected chi connectivity index (χ0v) is 37.8. The van der Waals surface area contributed by atoms with E-state index >= 15 is 0 Å². The van der Waals surface area contributed by atoms with Crippen molar-refractivity contribution in [2.75, 3.05) is 0 Å². The van der Waals surface area contributed by atoms with E-state index in [1.807, 2.05) is 86.6 Å². The molecule has 47 heavy (non-hydrogen) atoms. The number of benzene rings is 3. The minimum atomic E-state index is -0.607. The van der Waals surface area contributed by atoms with Gasteiger partial charge in [0.2, 0.25) is 0 Å². The number of aldehydes is 1. The van der Waals surface area contributed by atoms with Crippen molar-refractivity contribution in [3.05, 3.63) is 134 Å². The molecule has 0 unspecified atom stereocenters. The third-order valence-corrected chi connectivity index (χ3v) is 7.98. The standard InChI is InChI=1S/C12H15ClO2.C12H15ClO.C7H5ClO.C5H9.C2H5.2Zn/c1-11(2)12(3,15-11)10(14)8-4-6-9(13)7-5-8;1-8(2)9(3)12(14)10-4-6-11(13)7-5-10;8-7-3-1-6(5-9)2-4-7;1-4-5(2)3;1-2;;/h4-7,10,14H,1-3H3;4-7,12,14H,1-3H3;1-5H;1-3H3;1H2,2H3;;/q;;;2*-1;;/t10-,12-;12-;;;;;/m10...../s1. The van der Waals surface area contributed by atoms with Crippen LogP contribution in [0.25, 0.3) is 0 Å². The topological polar surface area (TPSA) is 70.1 Å². The predicted octanol–water partition coefficient (Wildman–Crippen LogP) is 11.4. The van der Waals surface area contributed by atoms with E-state index in [1.165, 1.54) is 5.57 Å². The summed E-state index contributed by atoms with van der Waals surface area (Å²) in [7, 11) is 0. The first-order chi connectivity index (χ1) is 21.0. The van der Waals surface area contributed by atoms with Crippen LogP contribution >= 0.6 is 34.8 Å². The zero-order valence-electron chi connectivity index (χ0n) is 29.6. The van der Waals surface area contributed by atoms with Gasteiger partial charge >= 0.3 is 0 Å². The van der Waals surface area contributed by atoms with Gasteiger partial charge in [0.1, 0.15) is 24.1 Å². The summed E-state index contributed by atoms with van der Waals surface area (Å²) in [6.45, 7) is 22.8. The Kier molecular flexibility index (Phi) is 26.6. The van der Waals surface area contributed by atoms with Gasteiger partial charge in [-0.25, -0.2) is 0 Å². The molecule has 4 nitrogen and oxygen atoms in total. The Morgan fingerprint density at radius 1 is 0.745 bits per heavy atom. The molecule has 1 aliphatic heterocycles. The number of hydrogen-bond donors (Lipinski definition) is 2. The normalized spacial score (nSPS) is 15.8. The average molecular weight is 807 g/mol. The molecule has 1 saturated heterocycles. The summed E-state index contributed by atoms with van der Waals surface area (Å²) in [5.74, 6) is 0. The van der Waals surface area contributed by atoms with Crippen LogP contribution in [0.3, 0.4) is 0 Å². The van der Waals surface area contributed by atoms with Gasteiger partial charge in [-0.3, -0.25) is 10.4 Å². The minimum absolute atomic E-state index is 0. The number of hydrogen-bond acceptors (Lipinski definition) is 4. The summed E-state index contributed by atoms with van der Waals surface area (Å²) in [6.07, 6.45) is 2.61.